The molecule has 0 heterocycles. The van der Waals surface area contributed by atoms with Gasteiger partial charge >= 0.3 is 0 Å². The normalized spacial score (nSPS) is 11.9. The highest BCUT2D eigenvalue weighted by molar-refractivity contribution is 6.31. The van der Waals surface area contributed by atoms with E-state index in [9.17, 15) is 0 Å². The molecule has 378 valence electrons. The standard InChI is InChI=1S/C82H50/c1-7-25-51(26-8-1)71-65-39-21-22-40-66(65)72(52-27-9-2-10-28-52)80-69-49-47-61(63-41-23-43-67(77(63)69)79(71)80)59-45-46-60(58-38-20-19-37-57(58)59)62-48-50-70-78-64(62)42-24-44-68(78)81-75(55-33-15-5-16-34-55)73(53-29-11-3-12-30-53)74(54-31-13-4-14-32-54)76(82(70)81)56-35-17-6-18-36-56/h1-50H. The van der Waals surface area contributed by atoms with E-state index in [1.165, 1.54) is 177 Å². The van der Waals surface area contributed by atoms with Gasteiger partial charge in [-0.15, -0.1) is 0 Å². The first-order valence-corrected chi connectivity index (χ1v) is 28.6. The molecule has 0 saturated carbocycles. The summed E-state index contributed by atoms with van der Waals surface area (Å²) < 4.78 is 0. The minimum Gasteiger partial charge on any atom is -0.0622 e. The van der Waals surface area contributed by atoms with E-state index < -0.39 is 0 Å². The first kappa shape index (κ1) is 46.3. The van der Waals surface area contributed by atoms with Gasteiger partial charge in [0.25, 0.3) is 0 Å². The summed E-state index contributed by atoms with van der Waals surface area (Å²) in [4.78, 5) is 0. The van der Waals surface area contributed by atoms with E-state index >= 15 is 0 Å². The lowest BCUT2D eigenvalue weighted by molar-refractivity contribution is 1.54. The van der Waals surface area contributed by atoms with Gasteiger partial charge in [0.05, 0.1) is 0 Å². The maximum Gasteiger partial charge on any atom is -0.000718 e. The zero-order chi connectivity index (χ0) is 53.8. The summed E-state index contributed by atoms with van der Waals surface area (Å²) in [7, 11) is 0. The zero-order valence-electron chi connectivity index (χ0n) is 44.9. The Morgan fingerprint density at radius 3 is 0.634 bits per heavy atom. The van der Waals surface area contributed by atoms with Crippen LogP contribution in [0.3, 0.4) is 0 Å². The van der Waals surface area contributed by atoms with Crippen molar-refractivity contribution in [1.29, 1.82) is 0 Å². The van der Waals surface area contributed by atoms with Gasteiger partial charge in [-0.05, 0) is 177 Å². The summed E-state index contributed by atoms with van der Waals surface area (Å²) in [6, 6.07) is 113. The number of hydrogen-bond acceptors (Lipinski definition) is 0. The highest BCUT2D eigenvalue weighted by Gasteiger charge is 2.35. The average Bonchev–Trinajstić information content (AvgIpc) is 2.07. The largest absolute Gasteiger partial charge is 0.0622 e. The predicted octanol–water partition coefficient (Wildman–Crippen LogP) is 22.9. The van der Waals surface area contributed by atoms with Crippen LogP contribution in [0.5, 0.6) is 0 Å². The molecule has 17 rings (SSSR count). The van der Waals surface area contributed by atoms with Crippen molar-refractivity contribution in [1.82, 2.24) is 0 Å². The lowest BCUT2D eigenvalue weighted by atomic mass is 9.76. The quantitative estimate of drug-likeness (QED) is 0.142. The molecule has 0 bridgehead atoms. The van der Waals surface area contributed by atoms with Gasteiger partial charge < -0.3 is 0 Å². The molecule has 0 saturated heterocycles. The van der Waals surface area contributed by atoms with Crippen molar-refractivity contribution in [2.45, 2.75) is 0 Å². The van der Waals surface area contributed by atoms with Crippen molar-refractivity contribution >= 4 is 43.1 Å². The van der Waals surface area contributed by atoms with Crippen LogP contribution in [0.25, 0.3) is 177 Å². The van der Waals surface area contributed by atoms with Crippen LogP contribution in [-0.4, -0.2) is 0 Å². The third-order valence-electron chi connectivity index (χ3n) is 17.8. The first-order chi connectivity index (χ1) is 40.8. The fourth-order valence-electron chi connectivity index (χ4n) is 14.5. The van der Waals surface area contributed by atoms with Gasteiger partial charge in [-0.2, -0.15) is 0 Å². The van der Waals surface area contributed by atoms with Crippen molar-refractivity contribution in [3.05, 3.63) is 303 Å². The van der Waals surface area contributed by atoms with Crippen LogP contribution in [0, 0.1) is 0 Å². The predicted molar refractivity (Wildman–Crippen MR) is 349 cm³/mol. The van der Waals surface area contributed by atoms with Crippen molar-refractivity contribution in [2.75, 3.05) is 0 Å². The summed E-state index contributed by atoms with van der Waals surface area (Å²) in [6.07, 6.45) is 0. The van der Waals surface area contributed by atoms with E-state index in [1.807, 2.05) is 0 Å². The second-order valence-electron chi connectivity index (χ2n) is 22.0. The first-order valence-electron chi connectivity index (χ1n) is 28.6. The fraction of sp³-hybridized carbons (Fsp3) is 0. The Hall–Kier alpha value is -10.7. The molecule has 82 heavy (non-hydrogen) atoms. The third-order valence-corrected chi connectivity index (χ3v) is 17.8. The molecule has 2 aliphatic carbocycles. The minimum absolute atomic E-state index is 1.20. The van der Waals surface area contributed by atoms with Crippen LogP contribution >= 0.6 is 0 Å². The molecule has 0 nitrogen and oxygen atoms in total. The molecule has 0 unspecified atom stereocenters. The lowest BCUT2D eigenvalue weighted by Gasteiger charge is -2.26. The second kappa shape index (κ2) is 18.5. The molecule has 15 aromatic rings. The van der Waals surface area contributed by atoms with E-state index in [0.717, 1.165) is 0 Å². The summed E-state index contributed by atoms with van der Waals surface area (Å²) in [5.74, 6) is 0. The monoisotopic (exact) mass is 1030 g/mol. The van der Waals surface area contributed by atoms with Crippen LogP contribution in [0.2, 0.25) is 0 Å². The van der Waals surface area contributed by atoms with Crippen LogP contribution < -0.4 is 0 Å². The Bertz CT molecular complexity index is 4870. The maximum absolute atomic E-state index is 2.44. The smallest absolute Gasteiger partial charge is 0.000718 e. The van der Waals surface area contributed by atoms with Crippen molar-refractivity contribution in [3.8, 4) is 134 Å². The summed E-state index contributed by atoms with van der Waals surface area (Å²) in [6.45, 7) is 0. The van der Waals surface area contributed by atoms with Crippen molar-refractivity contribution in [3.63, 3.8) is 0 Å². The Morgan fingerprint density at radius 1 is 0.110 bits per heavy atom. The molecular formula is C82H50. The van der Waals surface area contributed by atoms with Crippen molar-refractivity contribution in [2.24, 2.45) is 0 Å². The molecular weight excluding hydrogens is 985 g/mol. The third kappa shape index (κ3) is 6.79. The molecule has 0 fully saturated rings. The highest BCUT2D eigenvalue weighted by Crippen LogP contribution is 2.63. The van der Waals surface area contributed by atoms with E-state index in [2.05, 4.69) is 303 Å². The fourth-order valence-corrected chi connectivity index (χ4v) is 14.5. The lowest BCUT2D eigenvalue weighted by Crippen LogP contribution is -1.99. The van der Waals surface area contributed by atoms with Crippen LogP contribution in [0.4, 0.5) is 0 Å². The summed E-state index contributed by atoms with van der Waals surface area (Å²) in [5, 5.41) is 10.1. The Labute approximate surface area is 477 Å². The average molecular weight is 1040 g/mol. The molecule has 0 amide bonds. The summed E-state index contributed by atoms with van der Waals surface area (Å²) >= 11 is 0. The molecule has 0 heteroatoms. The zero-order valence-corrected chi connectivity index (χ0v) is 44.9. The second-order valence-corrected chi connectivity index (χ2v) is 22.0. The van der Waals surface area contributed by atoms with Gasteiger partial charge in [0, 0.05) is 0 Å². The SMILES string of the molecule is c1ccc(-c2c(-c3ccccc3)c(-c3ccccc3)c3c(c2-c2ccccc2)-c2cccc4c(-c5ccc(-c6ccc7c8c(cccc68)-c6c-7c(-c7ccccc7)c7ccccc7c6-c6ccccc6)c6ccccc56)ccc-3c24)cc1. The molecule has 15 aromatic carbocycles. The van der Waals surface area contributed by atoms with Crippen LogP contribution in [0.15, 0.2) is 303 Å². The van der Waals surface area contributed by atoms with Crippen molar-refractivity contribution < 1.29 is 0 Å². The van der Waals surface area contributed by atoms with Gasteiger partial charge in [0.1, 0.15) is 0 Å². The van der Waals surface area contributed by atoms with Gasteiger partial charge in [-0.3, -0.25) is 0 Å². The number of rotatable bonds is 8. The highest BCUT2D eigenvalue weighted by atomic mass is 14.4. The molecule has 2 aliphatic rings. The van der Waals surface area contributed by atoms with Crippen LogP contribution in [0.1, 0.15) is 0 Å². The van der Waals surface area contributed by atoms with E-state index in [4.69, 9.17) is 0 Å². The van der Waals surface area contributed by atoms with Gasteiger partial charge in [0.2, 0.25) is 0 Å². The maximum atomic E-state index is 2.44. The van der Waals surface area contributed by atoms with E-state index in [0.29, 0.717) is 0 Å². The molecule has 0 aliphatic heterocycles. The minimum atomic E-state index is 1.20. The molecule has 0 N–H and O–H groups in total. The number of benzene rings is 15. The van der Waals surface area contributed by atoms with Gasteiger partial charge in [-0.25, -0.2) is 0 Å². The molecule has 0 aromatic heterocycles. The number of fused-ring (bicyclic) bond motifs is 8. The topological polar surface area (TPSA) is 0 Å². The van der Waals surface area contributed by atoms with Gasteiger partial charge in [-0.1, -0.05) is 303 Å². The van der Waals surface area contributed by atoms with E-state index in [1.54, 1.807) is 0 Å². The molecule has 0 radical (unpaired) electrons. The van der Waals surface area contributed by atoms with Gasteiger partial charge in [0.15, 0.2) is 0 Å². The van der Waals surface area contributed by atoms with Crippen LogP contribution in [-0.2, 0) is 0 Å². The Balaban J connectivity index is 0.898. The summed E-state index contributed by atoms with van der Waals surface area (Å²) in [5.41, 5.74) is 30.1. The molecule has 0 spiro atoms. The number of hydrogen-bond donors (Lipinski definition) is 0. The Morgan fingerprint density at radius 2 is 0.317 bits per heavy atom. The Kier molecular flexibility index (Phi) is 10.4. The van der Waals surface area contributed by atoms with E-state index in [-0.39, 0.29) is 0 Å². The molecule has 0 atom stereocenters.